The van der Waals surface area contributed by atoms with E-state index in [1.54, 1.807) is 24.7 Å². The van der Waals surface area contributed by atoms with Crippen LogP contribution in [-0.2, 0) is 0 Å². The zero-order valence-corrected chi connectivity index (χ0v) is 15.8. The van der Waals surface area contributed by atoms with Crippen molar-refractivity contribution >= 4 is 50.1 Å². The lowest BCUT2D eigenvalue weighted by Gasteiger charge is -2.29. The Morgan fingerprint density at radius 3 is 3.08 bits per heavy atom. The van der Waals surface area contributed by atoms with Crippen molar-refractivity contribution in [3.05, 3.63) is 51.3 Å². The summed E-state index contributed by atoms with van der Waals surface area (Å²) in [5, 5.41) is 5.78. The highest BCUT2D eigenvalue weighted by Gasteiger charge is 2.29. The van der Waals surface area contributed by atoms with Crippen molar-refractivity contribution in [2.45, 2.75) is 0 Å². The Bertz CT molecular complexity index is 892. The van der Waals surface area contributed by atoms with Gasteiger partial charge in [0.1, 0.15) is 22.3 Å². The predicted octanol–water partition coefficient (Wildman–Crippen LogP) is 4.71. The minimum Gasteiger partial charge on any atom is -0.496 e. The van der Waals surface area contributed by atoms with Gasteiger partial charge in [-0.2, -0.15) is 0 Å². The molecule has 24 heavy (non-hydrogen) atoms. The predicted molar refractivity (Wildman–Crippen MR) is 102 cm³/mol. The summed E-state index contributed by atoms with van der Waals surface area (Å²) in [6, 6.07) is 5.54. The second-order valence-electron chi connectivity index (χ2n) is 5.07. The fourth-order valence-electron chi connectivity index (χ4n) is 2.66. The second kappa shape index (κ2) is 6.23. The lowest BCUT2D eigenvalue weighted by molar-refractivity contribution is 0.416. The van der Waals surface area contributed by atoms with Gasteiger partial charge in [0.05, 0.1) is 13.7 Å². The molecular formula is C16H12BrClN4OS. The molecule has 2 aliphatic rings. The van der Waals surface area contributed by atoms with E-state index in [0.29, 0.717) is 5.02 Å². The summed E-state index contributed by atoms with van der Waals surface area (Å²) >= 11 is 11.3. The minimum atomic E-state index is 0.642. The van der Waals surface area contributed by atoms with Gasteiger partial charge in [0.15, 0.2) is 3.92 Å². The van der Waals surface area contributed by atoms with E-state index in [0.717, 1.165) is 38.3 Å². The van der Waals surface area contributed by atoms with Gasteiger partial charge in [-0.3, -0.25) is 5.01 Å². The molecule has 0 aliphatic carbocycles. The van der Waals surface area contributed by atoms with Gasteiger partial charge in [0.2, 0.25) is 0 Å². The number of ether oxygens (including phenoxy) is 1. The van der Waals surface area contributed by atoms with Crippen LogP contribution in [0, 0.1) is 0 Å². The second-order valence-corrected chi connectivity index (χ2v) is 7.76. The van der Waals surface area contributed by atoms with Crippen LogP contribution in [0.15, 0.2) is 51.3 Å². The number of benzene rings is 1. The molecule has 0 N–H and O–H groups in total. The highest BCUT2D eigenvalue weighted by molar-refractivity contribution is 9.11. The average molecular weight is 424 g/mol. The zero-order chi connectivity index (χ0) is 16.7. The molecule has 2 aromatic rings. The Morgan fingerprint density at radius 2 is 2.25 bits per heavy atom. The first-order valence-corrected chi connectivity index (χ1v) is 9.14. The summed E-state index contributed by atoms with van der Waals surface area (Å²) < 4.78 is 6.29. The van der Waals surface area contributed by atoms with Crippen LogP contribution in [-0.4, -0.2) is 29.9 Å². The number of hydrazine groups is 1. The van der Waals surface area contributed by atoms with E-state index in [4.69, 9.17) is 16.3 Å². The molecule has 0 saturated heterocycles. The molecule has 0 spiro atoms. The van der Waals surface area contributed by atoms with E-state index in [-0.39, 0.29) is 0 Å². The number of allylic oxidation sites excluding steroid dienone is 1. The van der Waals surface area contributed by atoms with Crippen molar-refractivity contribution in [2.24, 2.45) is 4.99 Å². The van der Waals surface area contributed by atoms with E-state index in [1.165, 1.54) is 0 Å². The number of thiazole rings is 1. The number of hydrogen-bond acceptors (Lipinski definition) is 6. The molecule has 0 atom stereocenters. The van der Waals surface area contributed by atoms with E-state index in [2.05, 4.69) is 37.0 Å². The molecule has 8 heteroatoms. The van der Waals surface area contributed by atoms with Crippen LogP contribution in [0.1, 0.15) is 0 Å². The highest BCUT2D eigenvalue weighted by Crippen LogP contribution is 2.44. The Hall–Kier alpha value is -1.83. The van der Waals surface area contributed by atoms with Crippen LogP contribution in [0.5, 0.6) is 5.75 Å². The van der Waals surface area contributed by atoms with Crippen LogP contribution < -0.4 is 9.75 Å². The molecule has 0 fully saturated rings. The molecule has 0 radical (unpaired) electrons. The number of anilines is 1. The van der Waals surface area contributed by atoms with Gasteiger partial charge >= 0.3 is 0 Å². The van der Waals surface area contributed by atoms with Gasteiger partial charge in [-0.25, -0.2) is 15.0 Å². The van der Waals surface area contributed by atoms with Gasteiger partial charge in [0, 0.05) is 23.0 Å². The Labute approximate surface area is 156 Å². The van der Waals surface area contributed by atoms with Crippen LogP contribution in [0.25, 0.3) is 11.3 Å². The van der Waals surface area contributed by atoms with Gasteiger partial charge in [-0.1, -0.05) is 22.9 Å². The van der Waals surface area contributed by atoms with Crippen molar-refractivity contribution < 1.29 is 4.74 Å². The van der Waals surface area contributed by atoms with Gasteiger partial charge in [-0.15, -0.1) is 0 Å². The van der Waals surface area contributed by atoms with Crippen LogP contribution >= 0.6 is 38.9 Å². The van der Waals surface area contributed by atoms with E-state index in [1.807, 2.05) is 35.5 Å². The lowest BCUT2D eigenvalue weighted by Crippen LogP contribution is -2.33. The van der Waals surface area contributed by atoms with Gasteiger partial charge in [0.25, 0.3) is 0 Å². The Balaban J connectivity index is 1.81. The molecule has 1 aromatic heterocycles. The standard InChI is InChI=1S/C16H12BrClN4OS/c1-23-12-4-3-10(18)9-11(12)14-15(24-16(17)20-14)22-8-5-13-19-6-2-7-21(13)22/h2-7,9H,8H2,1H3. The Morgan fingerprint density at radius 1 is 1.38 bits per heavy atom. The number of aromatic nitrogens is 1. The molecule has 2 aliphatic heterocycles. The summed E-state index contributed by atoms with van der Waals surface area (Å²) in [5.74, 6) is 1.64. The van der Waals surface area contributed by atoms with E-state index < -0.39 is 0 Å². The average Bonchev–Trinajstić information content (AvgIpc) is 3.18. The first-order valence-electron chi connectivity index (χ1n) is 7.15. The molecule has 0 bridgehead atoms. The van der Waals surface area contributed by atoms with Crippen LogP contribution in [0.2, 0.25) is 5.02 Å². The number of nitrogens with zero attached hydrogens (tertiary/aromatic N) is 4. The number of hydrogen-bond donors (Lipinski definition) is 0. The molecule has 4 rings (SSSR count). The normalized spacial score (nSPS) is 15.7. The quantitative estimate of drug-likeness (QED) is 0.717. The van der Waals surface area contributed by atoms with Crippen molar-refractivity contribution in [2.75, 3.05) is 18.7 Å². The fraction of sp³-hybridized carbons (Fsp3) is 0.125. The smallest absolute Gasteiger partial charge is 0.161 e. The number of methoxy groups -OCH3 is 1. The summed E-state index contributed by atoms with van der Waals surface area (Å²) in [6.07, 6.45) is 7.76. The van der Waals surface area contributed by atoms with Crippen molar-refractivity contribution in [3.63, 3.8) is 0 Å². The molecule has 1 aromatic carbocycles. The van der Waals surface area contributed by atoms with Crippen molar-refractivity contribution in [1.82, 2.24) is 9.99 Å². The van der Waals surface area contributed by atoms with Crippen molar-refractivity contribution in [3.8, 4) is 17.0 Å². The summed E-state index contributed by atoms with van der Waals surface area (Å²) in [7, 11) is 1.64. The fourth-order valence-corrected chi connectivity index (χ4v) is 4.29. The first-order chi connectivity index (χ1) is 11.7. The van der Waals surface area contributed by atoms with Gasteiger partial charge in [-0.05, 0) is 46.3 Å². The third-order valence-electron chi connectivity index (χ3n) is 3.70. The Kier molecular flexibility index (Phi) is 4.07. The summed E-state index contributed by atoms with van der Waals surface area (Å²) in [5.41, 5.74) is 1.68. The van der Waals surface area contributed by atoms with Crippen LogP contribution in [0.4, 0.5) is 5.00 Å². The molecular weight excluding hydrogens is 412 g/mol. The maximum absolute atomic E-state index is 6.20. The highest BCUT2D eigenvalue weighted by atomic mass is 79.9. The largest absolute Gasteiger partial charge is 0.496 e. The maximum Gasteiger partial charge on any atom is 0.161 e. The molecule has 0 unspecified atom stereocenters. The molecule has 3 heterocycles. The van der Waals surface area contributed by atoms with Crippen LogP contribution in [0.3, 0.4) is 0 Å². The summed E-state index contributed by atoms with van der Waals surface area (Å²) in [6.45, 7) is 0.724. The third kappa shape index (κ3) is 2.62. The molecule has 122 valence electrons. The van der Waals surface area contributed by atoms with Crippen molar-refractivity contribution in [1.29, 1.82) is 0 Å². The maximum atomic E-state index is 6.20. The number of fused-ring (bicyclic) bond motifs is 1. The zero-order valence-electron chi connectivity index (χ0n) is 12.6. The summed E-state index contributed by atoms with van der Waals surface area (Å²) in [4.78, 5) is 9.04. The number of halogens is 2. The number of aliphatic imine (C=N–C) groups is 1. The topological polar surface area (TPSA) is 41.0 Å². The molecule has 0 amide bonds. The lowest BCUT2D eigenvalue weighted by atomic mass is 10.1. The monoisotopic (exact) mass is 422 g/mol. The number of rotatable bonds is 3. The first kappa shape index (κ1) is 15.7. The minimum absolute atomic E-state index is 0.642. The van der Waals surface area contributed by atoms with E-state index >= 15 is 0 Å². The van der Waals surface area contributed by atoms with E-state index in [9.17, 15) is 0 Å². The third-order valence-corrected chi connectivity index (χ3v) is 5.45. The molecule has 5 nitrogen and oxygen atoms in total. The molecule has 0 saturated carbocycles. The van der Waals surface area contributed by atoms with Gasteiger partial charge < -0.3 is 4.74 Å². The SMILES string of the molecule is COc1ccc(Cl)cc1-c1nc(Br)sc1N1CC=C2N=CC=CN21.